The van der Waals surface area contributed by atoms with Crippen molar-refractivity contribution < 1.29 is 0 Å². The normalized spacial score (nSPS) is 20.2. The molecule has 19 heavy (non-hydrogen) atoms. The molecule has 2 rings (SSSR count). The predicted octanol–water partition coefficient (Wildman–Crippen LogP) is 3.52. The number of rotatable bonds is 5. The number of hydrogen-bond acceptors (Lipinski definition) is 2. The number of aryl methyl sites for hydroxylation is 1. The third kappa shape index (κ3) is 3.80. The molecule has 106 valence electrons. The van der Waals surface area contributed by atoms with Crippen molar-refractivity contribution in [1.82, 2.24) is 10.2 Å². The first-order chi connectivity index (χ1) is 9.22. The lowest BCUT2D eigenvalue weighted by atomic mass is 9.96. The van der Waals surface area contributed by atoms with Gasteiger partial charge >= 0.3 is 0 Å². The van der Waals surface area contributed by atoms with Crippen molar-refractivity contribution in [2.75, 3.05) is 19.6 Å². The smallest absolute Gasteiger partial charge is 0.0475 e. The Balaban J connectivity index is 2.11. The van der Waals surface area contributed by atoms with Crippen LogP contribution >= 0.6 is 0 Å². The molecule has 0 bridgehead atoms. The van der Waals surface area contributed by atoms with Crippen LogP contribution in [0, 0.1) is 6.92 Å². The Labute approximate surface area is 118 Å². The van der Waals surface area contributed by atoms with Crippen LogP contribution in [0.15, 0.2) is 24.3 Å². The van der Waals surface area contributed by atoms with Gasteiger partial charge in [0.1, 0.15) is 0 Å². The van der Waals surface area contributed by atoms with E-state index in [2.05, 4.69) is 55.3 Å². The Morgan fingerprint density at radius 2 is 1.74 bits per heavy atom. The molecule has 1 saturated heterocycles. The lowest BCUT2D eigenvalue weighted by Gasteiger charge is -2.37. The molecule has 2 nitrogen and oxygen atoms in total. The quantitative estimate of drug-likeness (QED) is 0.871. The highest BCUT2D eigenvalue weighted by molar-refractivity contribution is 5.25. The standard InChI is InChI=1S/C17H28N2/c1-4-18-17(16-10-8-14(2)9-11-16)15(3)19-12-6-5-7-13-19/h8-11,15,17-18H,4-7,12-13H2,1-3H3. The Kier molecular flexibility index (Phi) is 5.41. The van der Waals surface area contributed by atoms with Gasteiger partial charge in [0.2, 0.25) is 0 Å². The molecule has 1 aliphatic heterocycles. The summed E-state index contributed by atoms with van der Waals surface area (Å²) in [5.74, 6) is 0. The zero-order valence-corrected chi connectivity index (χ0v) is 12.7. The van der Waals surface area contributed by atoms with E-state index in [4.69, 9.17) is 0 Å². The molecule has 0 aliphatic carbocycles. The van der Waals surface area contributed by atoms with Gasteiger partial charge < -0.3 is 5.32 Å². The fourth-order valence-electron chi connectivity index (χ4n) is 3.10. The van der Waals surface area contributed by atoms with E-state index in [-0.39, 0.29) is 0 Å². The van der Waals surface area contributed by atoms with Crippen molar-refractivity contribution in [3.63, 3.8) is 0 Å². The third-order valence-corrected chi connectivity index (χ3v) is 4.31. The number of nitrogens with one attached hydrogen (secondary N) is 1. The maximum atomic E-state index is 3.67. The Morgan fingerprint density at radius 1 is 1.11 bits per heavy atom. The number of likely N-dealkylation sites (N-methyl/N-ethyl adjacent to an activating group) is 1. The summed E-state index contributed by atoms with van der Waals surface area (Å²) >= 11 is 0. The fourth-order valence-corrected chi connectivity index (χ4v) is 3.10. The minimum absolute atomic E-state index is 0.448. The predicted molar refractivity (Wildman–Crippen MR) is 82.5 cm³/mol. The minimum atomic E-state index is 0.448. The van der Waals surface area contributed by atoms with Crippen molar-refractivity contribution in [3.8, 4) is 0 Å². The highest BCUT2D eigenvalue weighted by atomic mass is 15.2. The minimum Gasteiger partial charge on any atom is -0.309 e. The monoisotopic (exact) mass is 260 g/mol. The van der Waals surface area contributed by atoms with Gasteiger partial charge in [-0.3, -0.25) is 4.90 Å². The summed E-state index contributed by atoms with van der Waals surface area (Å²) < 4.78 is 0. The van der Waals surface area contributed by atoms with E-state index in [1.807, 2.05) is 0 Å². The van der Waals surface area contributed by atoms with Gasteiger partial charge in [0.25, 0.3) is 0 Å². The van der Waals surface area contributed by atoms with E-state index < -0.39 is 0 Å². The summed E-state index contributed by atoms with van der Waals surface area (Å²) in [6, 6.07) is 10.0. The Bertz CT molecular complexity index is 365. The summed E-state index contributed by atoms with van der Waals surface area (Å²) in [5.41, 5.74) is 2.76. The lowest BCUT2D eigenvalue weighted by molar-refractivity contribution is 0.142. The maximum Gasteiger partial charge on any atom is 0.0475 e. The van der Waals surface area contributed by atoms with Crippen molar-refractivity contribution in [3.05, 3.63) is 35.4 Å². The van der Waals surface area contributed by atoms with E-state index in [1.54, 1.807) is 0 Å². The van der Waals surface area contributed by atoms with Crippen LogP contribution in [0.4, 0.5) is 0 Å². The summed E-state index contributed by atoms with van der Waals surface area (Å²) in [6.45, 7) is 10.3. The van der Waals surface area contributed by atoms with Crippen molar-refractivity contribution in [1.29, 1.82) is 0 Å². The molecule has 2 unspecified atom stereocenters. The molecule has 1 N–H and O–H groups in total. The van der Waals surface area contributed by atoms with Gasteiger partial charge in [-0.25, -0.2) is 0 Å². The second-order valence-electron chi connectivity index (χ2n) is 5.78. The zero-order chi connectivity index (χ0) is 13.7. The number of likely N-dealkylation sites (tertiary alicyclic amines) is 1. The molecule has 2 atom stereocenters. The summed E-state index contributed by atoms with van der Waals surface area (Å²) in [5, 5.41) is 3.67. The summed E-state index contributed by atoms with van der Waals surface area (Å²) in [4.78, 5) is 2.65. The van der Waals surface area contributed by atoms with Crippen LogP contribution in [0.25, 0.3) is 0 Å². The molecule has 1 aromatic rings. The second-order valence-corrected chi connectivity index (χ2v) is 5.78. The first kappa shape index (κ1) is 14.5. The number of hydrogen-bond donors (Lipinski definition) is 1. The molecular weight excluding hydrogens is 232 g/mol. The first-order valence-corrected chi connectivity index (χ1v) is 7.76. The maximum absolute atomic E-state index is 3.67. The van der Waals surface area contributed by atoms with Crippen LogP contribution in [0.2, 0.25) is 0 Å². The molecule has 0 saturated carbocycles. The molecule has 0 spiro atoms. The summed E-state index contributed by atoms with van der Waals surface area (Å²) in [7, 11) is 0. The highest BCUT2D eigenvalue weighted by Gasteiger charge is 2.25. The number of benzene rings is 1. The average Bonchev–Trinajstić information content (AvgIpc) is 2.46. The van der Waals surface area contributed by atoms with Crippen LogP contribution in [0.3, 0.4) is 0 Å². The van der Waals surface area contributed by atoms with Crippen LogP contribution in [0.1, 0.15) is 50.3 Å². The van der Waals surface area contributed by atoms with Crippen LogP contribution in [-0.4, -0.2) is 30.6 Å². The topological polar surface area (TPSA) is 15.3 Å². The average molecular weight is 260 g/mol. The van der Waals surface area contributed by atoms with Crippen molar-refractivity contribution >= 4 is 0 Å². The fraction of sp³-hybridized carbons (Fsp3) is 0.647. The van der Waals surface area contributed by atoms with E-state index >= 15 is 0 Å². The van der Waals surface area contributed by atoms with Crippen molar-refractivity contribution in [2.45, 2.75) is 52.1 Å². The van der Waals surface area contributed by atoms with E-state index in [1.165, 1.54) is 43.5 Å². The molecule has 1 aliphatic rings. The van der Waals surface area contributed by atoms with E-state index in [0.29, 0.717) is 12.1 Å². The van der Waals surface area contributed by atoms with Gasteiger partial charge in [0.15, 0.2) is 0 Å². The molecular formula is C17H28N2. The molecule has 0 aromatic heterocycles. The summed E-state index contributed by atoms with van der Waals surface area (Å²) in [6.07, 6.45) is 4.12. The van der Waals surface area contributed by atoms with Gasteiger partial charge in [0.05, 0.1) is 0 Å². The Hall–Kier alpha value is -0.860. The molecule has 0 amide bonds. The first-order valence-electron chi connectivity index (χ1n) is 7.76. The van der Waals surface area contributed by atoms with Crippen LogP contribution in [0.5, 0.6) is 0 Å². The molecule has 2 heteroatoms. The molecule has 1 fully saturated rings. The number of nitrogens with zero attached hydrogens (tertiary/aromatic N) is 1. The van der Waals surface area contributed by atoms with Gasteiger partial charge in [-0.1, -0.05) is 43.2 Å². The van der Waals surface area contributed by atoms with Crippen LogP contribution in [-0.2, 0) is 0 Å². The lowest BCUT2D eigenvalue weighted by Crippen LogP contribution is -2.45. The van der Waals surface area contributed by atoms with Gasteiger partial charge in [0, 0.05) is 12.1 Å². The zero-order valence-electron chi connectivity index (χ0n) is 12.7. The molecule has 0 radical (unpaired) electrons. The van der Waals surface area contributed by atoms with Gasteiger partial charge in [-0.05, 0) is 51.9 Å². The second kappa shape index (κ2) is 7.06. The largest absolute Gasteiger partial charge is 0.309 e. The molecule has 1 aromatic carbocycles. The van der Waals surface area contributed by atoms with Gasteiger partial charge in [-0.2, -0.15) is 0 Å². The molecule has 1 heterocycles. The van der Waals surface area contributed by atoms with Gasteiger partial charge in [-0.15, -0.1) is 0 Å². The van der Waals surface area contributed by atoms with E-state index in [9.17, 15) is 0 Å². The number of piperidine rings is 1. The van der Waals surface area contributed by atoms with Crippen LogP contribution < -0.4 is 5.32 Å². The highest BCUT2D eigenvalue weighted by Crippen LogP contribution is 2.24. The SMILES string of the molecule is CCNC(c1ccc(C)cc1)C(C)N1CCCCC1. The Morgan fingerprint density at radius 3 is 2.32 bits per heavy atom. The van der Waals surface area contributed by atoms with E-state index in [0.717, 1.165) is 6.54 Å². The third-order valence-electron chi connectivity index (χ3n) is 4.31. The van der Waals surface area contributed by atoms with Crippen molar-refractivity contribution in [2.24, 2.45) is 0 Å².